The van der Waals surface area contributed by atoms with Gasteiger partial charge in [0, 0.05) is 29.2 Å². The lowest BCUT2D eigenvalue weighted by atomic mass is 9.97. The number of rotatable bonds is 5. The standard InChI is InChI=1S/C19H21BrN2O4S/c1-27(24,25)22-12-10-14(11-13-22)19(23)21-16-4-8-18(9-5-16)26-17-6-2-15(20)3-7-17/h2-9,14H,10-13H2,1H3,(H,21,23). The van der Waals surface area contributed by atoms with Gasteiger partial charge in [0.05, 0.1) is 6.26 Å². The average Bonchev–Trinajstić information content (AvgIpc) is 2.64. The molecule has 6 nitrogen and oxygen atoms in total. The predicted molar refractivity (Wildman–Crippen MR) is 108 cm³/mol. The highest BCUT2D eigenvalue weighted by Gasteiger charge is 2.28. The van der Waals surface area contributed by atoms with Crippen LogP contribution in [0.1, 0.15) is 12.8 Å². The molecule has 27 heavy (non-hydrogen) atoms. The van der Waals surface area contributed by atoms with Crippen LogP contribution in [0.5, 0.6) is 11.5 Å². The van der Waals surface area contributed by atoms with Crippen LogP contribution >= 0.6 is 15.9 Å². The fraction of sp³-hybridized carbons (Fsp3) is 0.316. The summed E-state index contributed by atoms with van der Waals surface area (Å²) in [7, 11) is -3.18. The van der Waals surface area contributed by atoms with Crippen LogP contribution < -0.4 is 10.1 Å². The molecule has 0 aromatic heterocycles. The molecule has 0 spiro atoms. The number of nitrogens with one attached hydrogen (secondary N) is 1. The van der Waals surface area contributed by atoms with Crippen LogP contribution in [-0.4, -0.2) is 38.0 Å². The molecule has 0 atom stereocenters. The molecule has 144 valence electrons. The van der Waals surface area contributed by atoms with Gasteiger partial charge in [-0.25, -0.2) is 12.7 Å². The van der Waals surface area contributed by atoms with Gasteiger partial charge in [-0.05, 0) is 61.4 Å². The van der Waals surface area contributed by atoms with E-state index in [1.165, 1.54) is 10.6 Å². The Morgan fingerprint density at radius 1 is 1.04 bits per heavy atom. The molecular formula is C19H21BrN2O4S. The summed E-state index contributed by atoms with van der Waals surface area (Å²) < 4.78 is 31.2. The zero-order chi connectivity index (χ0) is 19.4. The first kappa shape index (κ1) is 19.9. The number of hydrogen-bond acceptors (Lipinski definition) is 4. The third kappa shape index (κ3) is 5.54. The molecule has 1 amide bonds. The first-order valence-electron chi connectivity index (χ1n) is 8.61. The van der Waals surface area contributed by atoms with Crippen molar-refractivity contribution in [3.8, 4) is 11.5 Å². The Balaban J connectivity index is 1.53. The van der Waals surface area contributed by atoms with E-state index in [0.29, 0.717) is 37.4 Å². The summed E-state index contributed by atoms with van der Waals surface area (Å²) in [6.07, 6.45) is 2.26. The Bertz CT molecular complexity index is 890. The molecule has 1 heterocycles. The Morgan fingerprint density at radius 2 is 1.56 bits per heavy atom. The number of benzene rings is 2. The smallest absolute Gasteiger partial charge is 0.227 e. The monoisotopic (exact) mass is 452 g/mol. The van der Waals surface area contributed by atoms with Crippen molar-refractivity contribution in [2.24, 2.45) is 5.92 Å². The van der Waals surface area contributed by atoms with Gasteiger partial charge in [-0.15, -0.1) is 0 Å². The van der Waals surface area contributed by atoms with E-state index >= 15 is 0 Å². The summed E-state index contributed by atoms with van der Waals surface area (Å²) in [6, 6.07) is 14.7. The quantitative estimate of drug-likeness (QED) is 0.747. The molecule has 0 radical (unpaired) electrons. The largest absolute Gasteiger partial charge is 0.457 e. The summed E-state index contributed by atoms with van der Waals surface area (Å²) in [6.45, 7) is 0.772. The second kappa shape index (κ2) is 8.41. The molecule has 3 rings (SSSR count). The molecule has 1 aliphatic heterocycles. The molecule has 1 N–H and O–H groups in total. The van der Waals surface area contributed by atoms with Gasteiger partial charge in [-0.2, -0.15) is 0 Å². The van der Waals surface area contributed by atoms with Crippen molar-refractivity contribution in [2.75, 3.05) is 24.7 Å². The number of sulfonamides is 1. The van der Waals surface area contributed by atoms with Crippen LogP contribution in [0.25, 0.3) is 0 Å². The SMILES string of the molecule is CS(=O)(=O)N1CCC(C(=O)Nc2ccc(Oc3ccc(Br)cc3)cc2)CC1. The molecule has 1 fully saturated rings. The Hall–Kier alpha value is -1.90. The number of hydrogen-bond donors (Lipinski definition) is 1. The Morgan fingerprint density at radius 3 is 2.07 bits per heavy atom. The highest BCUT2D eigenvalue weighted by atomic mass is 79.9. The minimum absolute atomic E-state index is 0.0790. The molecule has 2 aromatic rings. The van der Waals surface area contributed by atoms with Crippen molar-refractivity contribution in [3.63, 3.8) is 0 Å². The van der Waals surface area contributed by atoms with Crippen molar-refractivity contribution in [1.29, 1.82) is 0 Å². The van der Waals surface area contributed by atoms with Gasteiger partial charge in [0.2, 0.25) is 15.9 Å². The molecule has 0 unspecified atom stereocenters. The second-order valence-corrected chi connectivity index (χ2v) is 9.40. The molecule has 2 aromatic carbocycles. The van der Waals surface area contributed by atoms with Gasteiger partial charge in [-0.1, -0.05) is 15.9 Å². The Kier molecular flexibility index (Phi) is 6.18. The fourth-order valence-corrected chi connectivity index (χ4v) is 4.08. The van der Waals surface area contributed by atoms with Gasteiger partial charge < -0.3 is 10.1 Å². The molecule has 0 bridgehead atoms. The van der Waals surface area contributed by atoms with E-state index in [1.807, 2.05) is 24.3 Å². The van der Waals surface area contributed by atoms with Crippen molar-refractivity contribution >= 4 is 37.5 Å². The number of anilines is 1. The predicted octanol–water partition coefficient (Wildman–Crippen LogP) is 3.85. The zero-order valence-electron chi connectivity index (χ0n) is 14.9. The lowest BCUT2D eigenvalue weighted by Crippen LogP contribution is -2.40. The van der Waals surface area contributed by atoms with Gasteiger partial charge in [-0.3, -0.25) is 4.79 Å². The summed E-state index contributed by atoms with van der Waals surface area (Å²) in [5.41, 5.74) is 0.689. The fourth-order valence-electron chi connectivity index (χ4n) is 2.94. The normalized spacial score (nSPS) is 16.1. The van der Waals surface area contributed by atoms with Crippen molar-refractivity contribution in [3.05, 3.63) is 53.0 Å². The summed E-state index contributed by atoms with van der Waals surface area (Å²) in [5.74, 6) is 1.15. The topological polar surface area (TPSA) is 75.7 Å². The van der Waals surface area contributed by atoms with E-state index < -0.39 is 10.0 Å². The summed E-state index contributed by atoms with van der Waals surface area (Å²) >= 11 is 3.38. The first-order chi connectivity index (χ1) is 12.8. The van der Waals surface area contributed by atoms with Crippen molar-refractivity contribution < 1.29 is 17.9 Å². The van der Waals surface area contributed by atoms with Crippen LogP contribution in [0.3, 0.4) is 0 Å². The first-order valence-corrected chi connectivity index (χ1v) is 11.2. The number of carbonyl (C=O) groups is 1. The summed E-state index contributed by atoms with van der Waals surface area (Å²) in [4.78, 5) is 12.4. The number of piperidine rings is 1. The minimum Gasteiger partial charge on any atom is -0.457 e. The maximum absolute atomic E-state index is 12.4. The van der Waals surface area contributed by atoms with Gasteiger partial charge >= 0.3 is 0 Å². The number of halogens is 1. The van der Waals surface area contributed by atoms with Gasteiger partial charge in [0.1, 0.15) is 11.5 Å². The van der Waals surface area contributed by atoms with Gasteiger partial charge in [0.15, 0.2) is 0 Å². The van der Waals surface area contributed by atoms with E-state index in [4.69, 9.17) is 4.74 Å². The third-order valence-corrected chi connectivity index (χ3v) is 6.30. The van der Waals surface area contributed by atoms with Crippen LogP contribution in [0.4, 0.5) is 5.69 Å². The highest BCUT2D eigenvalue weighted by Crippen LogP contribution is 2.25. The molecule has 0 saturated carbocycles. The lowest BCUT2D eigenvalue weighted by Gasteiger charge is -2.29. The van der Waals surface area contributed by atoms with Crippen LogP contribution in [0.15, 0.2) is 53.0 Å². The van der Waals surface area contributed by atoms with E-state index in [0.717, 1.165) is 10.2 Å². The van der Waals surface area contributed by atoms with E-state index in [9.17, 15) is 13.2 Å². The van der Waals surface area contributed by atoms with Crippen LogP contribution in [0.2, 0.25) is 0 Å². The minimum atomic E-state index is -3.18. The highest BCUT2D eigenvalue weighted by molar-refractivity contribution is 9.10. The van der Waals surface area contributed by atoms with Crippen molar-refractivity contribution in [1.82, 2.24) is 4.31 Å². The lowest BCUT2D eigenvalue weighted by molar-refractivity contribution is -0.120. The number of carbonyl (C=O) groups excluding carboxylic acids is 1. The average molecular weight is 453 g/mol. The van der Waals surface area contributed by atoms with Crippen molar-refractivity contribution in [2.45, 2.75) is 12.8 Å². The van der Waals surface area contributed by atoms with E-state index in [2.05, 4.69) is 21.2 Å². The molecule has 8 heteroatoms. The molecule has 0 aliphatic carbocycles. The number of nitrogens with zero attached hydrogens (tertiary/aromatic N) is 1. The van der Waals surface area contributed by atoms with Crippen LogP contribution in [-0.2, 0) is 14.8 Å². The van der Waals surface area contributed by atoms with E-state index in [1.54, 1.807) is 24.3 Å². The molecule has 1 aliphatic rings. The maximum Gasteiger partial charge on any atom is 0.227 e. The molecular weight excluding hydrogens is 432 g/mol. The zero-order valence-corrected chi connectivity index (χ0v) is 17.3. The Labute approximate surface area is 167 Å². The number of ether oxygens (including phenoxy) is 1. The molecule has 1 saturated heterocycles. The maximum atomic E-state index is 12.4. The van der Waals surface area contributed by atoms with Crippen LogP contribution in [0, 0.1) is 5.92 Å². The number of amides is 1. The van der Waals surface area contributed by atoms with Gasteiger partial charge in [0.25, 0.3) is 0 Å². The second-order valence-electron chi connectivity index (χ2n) is 6.51. The van der Waals surface area contributed by atoms with E-state index in [-0.39, 0.29) is 11.8 Å². The summed E-state index contributed by atoms with van der Waals surface area (Å²) in [5, 5.41) is 2.90. The third-order valence-electron chi connectivity index (χ3n) is 4.46.